The topological polar surface area (TPSA) is 61.8 Å². The molecule has 0 spiro atoms. The van der Waals surface area contributed by atoms with Gasteiger partial charge in [-0.1, -0.05) is 335 Å². The molecule has 0 aliphatic rings. The SMILES string of the molecule is CCCCCCCC/C=C\CCCCCCCCCC(=O)OC(COCCCCCCCCCCCCCCCCCCCCCC)COC(=O)CCCCCCCCCCCCCCCCCCCCC. The van der Waals surface area contributed by atoms with E-state index in [0.717, 1.165) is 32.1 Å². The van der Waals surface area contributed by atoms with Crippen LogP contribution in [0.1, 0.15) is 380 Å². The zero-order valence-corrected chi connectivity index (χ0v) is 49.5. The Hall–Kier alpha value is -1.36. The number of carbonyl (C=O) groups is 2. The molecule has 0 aromatic heterocycles. The molecule has 0 bridgehead atoms. The summed E-state index contributed by atoms with van der Waals surface area (Å²) in [4.78, 5) is 25.6. The van der Waals surface area contributed by atoms with Gasteiger partial charge in [-0.2, -0.15) is 0 Å². The number of rotatable bonds is 63. The molecule has 72 heavy (non-hydrogen) atoms. The van der Waals surface area contributed by atoms with Crippen molar-refractivity contribution in [3.05, 3.63) is 12.2 Å². The third kappa shape index (κ3) is 61.2. The molecule has 0 saturated heterocycles. The van der Waals surface area contributed by atoms with Gasteiger partial charge < -0.3 is 14.2 Å². The molecule has 428 valence electrons. The molecular weight excluding hydrogens is 885 g/mol. The maximum absolute atomic E-state index is 12.9. The summed E-state index contributed by atoms with van der Waals surface area (Å²) in [7, 11) is 0. The highest BCUT2D eigenvalue weighted by molar-refractivity contribution is 5.70. The van der Waals surface area contributed by atoms with E-state index >= 15 is 0 Å². The van der Waals surface area contributed by atoms with E-state index in [1.165, 1.54) is 315 Å². The number of esters is 2. The Bertz CT molecular complexity index is 1060. The van der Waals surface area contributed by atoms with Crippen molar-refractivity contribution in [3.8, 4) is 0 Å². The van der Waals surface area contributed by atoms with Crippen LogP contribution in [-0.4, -0.2) is 37.9 Å². The monoisotopic (exact) mass is 1010 g/mol. The van der Waals surface area contributed by atoms with Crippen molar-refractivity contribution in [2.45, 2.75) is 386 Å². The molecule has 0 radical (unpaired) electrons. The van der Waals surface area contributed by atoms with Crippen LogP contribution < -0.4 is 0 Å². The number of unbranched alkanes of at least 4 members (excludes halogenated alkanes) is 50. The molecule has 1 atom stereocenters. The van der Waals surface area contributed by atoms with E-state index in [1.807, 2.05) is 0 Å². The fourth-order valence-electron chi connectivity index (χ4n) is 10.3. The molecule has 5 heteroatoms. The van der Waals surface area contributed by atoms with Crippen molar-refractivity contribution >= 4 is 11.9 Å². The first kappa shape index (κ1) is 70.6. The van der Waals surface area contributed by atoms with Crippen LogP contribution in [0.4, 0.5) is 0 Å². The summed E-state index contributed by atoms with van der Waals surface area (Å²) >= 11 is 0. The molecule has 0 aromatic carbocycles. The van der Waals surface area contributed by atoms with Gasteiger partial charge in [0.05, 0.1) is 6.61 Å². The highest BCUT2D eigenvalue weighted by Gasteiger charge is 2.18. The number of carbonyl (C=O) groups excluding carboxylic acids is 2. The number of allylic oxidation sites excluding steroid dienone is 2. The summed E-state index contributed by atoms with van der Waals surface area (Å²) in [5, 5.41) is 0. The first-order chi connectivity index (χ1) is 35.6. The third-order valence-electron chi connectivity index (χ3n) is 15.3. The Balaban J connectivity index is 4.19. The fraction of sp³-hybridized carbons (Fsp3) is 0.940. The van der Waals surface area contributed by atoms with Gasteiger partial charge in [0.1, 0.15) is 6.61 Å². The van der Waals surface area contributed by atoms with Crippen molar-refractivity contribution in [2.24, 2.45) is 0 Å². The second kappa shape index (κ2) is 63.9. The van der Waals surface area contributed by atoms with E-state index in [9.17, 15) is 9.59 Å². The molecule has 0 N–H and O–H groups in total. The molecule has 0 saturated carbocycles. The summed E-state index contributed by atoms with van der Waals surface area (Å²) in [6.45, 7) is 7.93. The standard InChI is InChI=1S/C67H130O5/c1-4-7-10-13-16-19-22-25-28-31-33-35-38-41-44-47-50-53-56-59-62-70-63-65(72-67(69)61-58-55-52-49-46-43-40-36-30-27-24-21-18-15-12-9-6-3)64-71-66(68)60-57-54-51-48-45-42-39-37-34-32-29-26-23-20-17-14-11-8-5-2/h27,30,65H,4-26,28-29,31-64H2,1-3H3/b30-27-. The second-order valence-corrected chi connectivity index (χ2v) is 22.7. The lowest BCUT2D eigenvalue weighted by Gasteiger charge is -2.18. The van der Waals surface area contributed by atoms with Gasteiger partial charge in [-0.15, -0.1) is 0 Å². The van der Waals surface area contributed by atoms with Crippen LogP contribution in [0.25, 0.3) is 0 Å². The molecule has 0 aliphatic carbocycles. The summed E-state index contributed by atoms with van der Waals surface area (Å²) in [6, 6.07) is 0. The van der Waals surface area contributed by atoms with Crippen molar-refractivity contribution in [2.75, 3.05) is 19.8 Å². The van der Waals surface area contributed by atoms with Gasteiger partial charge in [-0.3, -0.25) is 9.59 Å². The lowest BCUT2D eigenvalue weighted by Crippen LogP contribution is -2.30. The van der Waals surface area contributed by atoms with Crippen molar-refractivity contribution in [3.63, 3.8) is 0 Å². The first-order valence-corrected chi connectivity index (χ1v) is 33.2. The minimum Gasteiger partial charge on any atom is -0.462 e. The molecular formula is C67H130O5. The summed E-state index contributed by atoms with van der Waals surface area (Å²) in [6.07, 6.45) is 76.9. The zero-order chi connectivity index (χ0) is 52.0. The maximum atomic E-state index is 12.9. The predicted molar refractivity (Wildman–Crippen MR) is 316 cm³/mol. The average molecular weight is 1020 g/mol. The molecule has 0 rings (SSSR count). The molecule has 1 unspecified atom stereocenters. The highest BCUT2D eigenvalue weighted by Crippen LogP contribution is 2.18. The molecule has 0 aliphatic heterocycles. The summed E-state index contributed by atoms with van der Waals surface area (Å²) < 4.78 is 17.6. The van der Waals surface area contributed by atoms with Crippen molar-refractivity contribution in [1.29, 1.82) is 0 Å². The van der Waals surface area contributed by atoms with E-state index in [2.05, 4.69) is 32.9 Å². The van der Waals surface area contributed by atoms with Gasteiger partial charge in [0.15, 0.2) is 6.10 Å². The van der Waals surface area contributed by atoms with Gasteiger partial charge in [-0.25, -0.2) is 0 Å². The molecule has 0 heterocycles. The first-order valence-electron chi connectivity index (χ1n) is 33.2. The third-order valence-corrected chi connectivity index (χ3v) is 15.3. The van der Waals surface area contributed by atoms with Crippen LogP contribution in [0.2, 0.25) is 0 Å². The van der Waals surface area contributed by atoms with Crippen LogP contribution in [0, 0.1) is 0 Å². The number of hydrogen-bond donors (Lipinski definition) is 0. The molecule has 0 aromatic rings. The Morgan fingerprint density at radius 1 is 0.292 bits per heavy atom. The van der Waals surface area contributed by atoms with E-state index in [4.69, 9.17) is 14.2 Å². The largest absolute Gasteiger partial charge is 0.462 e. The van der Waals surface area contributed by atoms with Crippen LogP contribution in [0.3, 0.4) is 0 Å². The fourth-order valence-corrected chi connectivity index (χ4v) is 10.3. The van der Waals surface area contributed by atoms with E-state index in [-0.39, 0.29) is 18.5 Å². The minimum atomic E-state index is -0.531. The summed E-state index contributed by atoms with van der Waals surface area (Å²) in [5.41, 5.74) is 0. The maximum Gasteiger partial charge on any atom is 0.306 e. The van der Waals surface area contributed by atoms with Gasteiger partial charge >= 0.3 is 11.9 Å². The van der Waals surface area contributed by atoms with E-state index in [1.54, 1.807) is 0 Å². The number of ether oxygens (including phenoxy) is 3. The summed E-state index contributed by atoms with van der Waals surface area (Å²) in [5.74, 6) is -0.369. The average Bonchev–Trinajstić information content (AvgIpc) is 3.38. The Morgan fingerprint density at radius 3 is 0.847 bits per heavy atom. The number of hydrogen-bond acceptors (Lipinski definition) is 5. The van der Waals surface area contributed by atoms with Crippen LogP contribution in [-0.2, 0) is 23.8 Å². The quantitative estimate of drug-likeness (QED) is 0.0345. The smallest absolute Gasteiger partial charge is 0.306 e. The van der Waals surface area contributed by atoms with Crippen molar-refractivity contribution in [1.82, 2.24) is 0 Å². The zero-order valence-electron chi connectivity index (χ0n) is 49.5. The Morgan fingerprint density at radius 2 is 0.542 bits per heavy atom. The minimum absolute atomic E-state index is 0.0944. The van der Waals surface area contributed by atoms with Gasteiger partial charge in [0, 0.05) is 19.4 Å². The second-order valence-electron chi connectivity index (χ2n) is 22.7. The van der Waals surface area contributed by atoms with Gasteiger partial charge in [0.25, 0.3) is 0 Å². The van der Waals surface area contributed by atoms with E-state index in [0.29, 0.717) is 26.1 Å². The van der Waals surface area contributed by atoms with Crippen LogP contribution in [0.15, 0.2) is 12.2 Å². The lowest BCUT2D eigenvalue weighted by atomic mass is 10.0. The molecule has 5 nitrogen and oxygen atoms in total. The highest BCUT2D eigenvalue weighted by atomic mass is 16.6. The lowest BCUT2D eigenvalue weighted by molar-refractivity contribution is -0.163. The van der Waals surface area contributed by atoms with Crippen LogP contribution >= 0.6 is 0 Å². The molecule has 0 fully saturated rings. The van der Waals surface area contributed by atoms with E-state index < -0.39 is 6.10 Å². The van der Waals surface area contributed by atoms with Crippen molar-refractivity contribution < 1.29 is 23.8 Å². The Kier molecular flexibility index (Phi) is 62.7. The Labute approximate surface area is 452 Å². The molecule has 0 amide bonds. The van der Waals surface area contributed by atoms with Gasteiger partial charge in [0.2, 0.25) is 0 Å². The predicted octanol–water partition coefficient (Wildman–Crippen LogP) is 22.9. The van der Waals surface area contributed by atoms with Crippen LogP contribution in [0.5, 0.6) is 0 Å². The van der Waals surface area contributed by atoms with Gasteiger partial charge in [-0.05, 0) is 44.9 Å². The normalized spacial score (nSPS) is 12.1.